The van der Waals surface area contributed by atoms with E-state index in [1.165, 1.54) is 55.2 Å². The second-order valence-corrected chi connectivity index (χ2v) is 7.77. The molecule has 0 bridgehead atoms. The standard InChI is InChI=1S/C28H32/c1-3-5-6-10-24-13-15-25(16-14-24)19-20-26-11-7-8-12-28(26)27-21-17-23(9-4-2)18-22-27/h6-8,10-16,21,23H,3-5,9,17-18,22H2,1-2H3/b10-6+. The van der Waals surface area contributed by atoms with Crippen molar-refractivity contribution in [2.24, 2.45) is 5.92 Å². The van der Waals surface area contributed by atoms with Crippen LogP contribution in [0.2, 0.25) is 0 Å². The summed E-state index contributed by atoms with van der Waals surface area (Å²) >= 11 is 0. The van der Waals surface area contributed by atoms with Crippen molar-refractivity contribution in [3.05, 3.63) is 82.9 Å². The third-order valence-corrected chi connectivity index (χ3v) is 5.51. The van der Waals surface area contributed by atoms with Crippen LogP contribution in [0.1, 0.15) is 81.0 Å². The van der Waals surface area contributed by atoms with Crippen molar-refractivity contribution < 1.29 is 0 Å². The molecule has 144 valence electrons. The first-order valence-electron chi connectivity index (χ1n) is 10.9. The average Bonchev–Trinajstić information content (AvgIpc) is 2.74. The Morgan fingerprint density at radius 2 is 1.79 bits per heavy atom. The number of unbranched alkanes of at least 4 members (excludes halogenated alkanes) is 1. The van der Waals surface area contributed by atoms with Crippen LogP contribution >= 0.6 is 0 Å². The van der Waals surface area contributed by atoms with E-state index in [4.69, 9.17) is 0 Å². The van der Waals surface area contributed by atoms with Crippen LogP contribution in [0, 0.1) is 17.8 Å². The molecule has 0 heterocycles. The number of allylic oxidation sites excluding steroid dienone is 3. The molecule has 0 radical (unpaired) electrons. The minimum atomic E-state index is 0.872. The van der Waals surface area contributed by atoms with Crippen LogP contribution in [0.25, 0.3) is 11.6 Å². The monoisotopic (exact) mass is 368 g/mol. The van der Waals surface area contributed by atoms with Crippen molar-refractivity contribution in [2.75, 3.05) is 0 Å². The van der Waals surface area contributed by atoms with Gasteiger partial charge in [-0.2, -0.15) is 0 Å². The molecule has 1 aliphatic carbocycles. The summed E-state index contributed by atoms with van der Waals surface area (Å²) in [6.07, 6.45) is 15.6. The summed E-state index contributed by atoms with van der Waals surface area (Å²) in [5.41, 5.74) is 6.27. The van der Waals surface area contributed by atoms with Gasteiger partial charge in [0.2, 0.25) is 0 Å². The van der Waals surface area contributed by atoms with E-state index in [1.807, 2.05) is 0 Å². The zero-order valence-electron chi connectivity index (χ0n) is 17.4. The van der Waals surface area contributed by atoms with Crippen molar-refractivity contribution in [1.82, 2.24) is 0 Å². The van der Waals surface area contributed by atoms with Crippen molar-refractivity contribution in [2.45, 2.75) is 58.8 Å². The quantitative estimate of drug-likeness (QED) is 0.455. The van der Waals surface area contributed by atoms with Gasteiger partial charge < -0.3 is 0 Å². The topological polar surface area (TPSA) is 0 Å². The highest BCUT2D eigenvalue weighted by atomic mass is 14.2. The highest BCUT2D eigenvalue weighted by Crippen LogP contribution is 2.33. The molecule has 0 fully saturated rings. The number of hydrogen-bond acceptors (Lipinski definition) is 0. The van der Waals surface area contributed by atoms with Gasteiger partial charge in [-0.05, 0) is 66.5 Å². The van der Waals surface area contributed by atoms with Crippen LogP contribution in [0.4, 0.5) is 0 Å². The summed E-state index contributed by atoms with van der Waals surface area (Å²) in [4.78, 5) is 0. The third kappa shape index (κ3) is 5.74. The molecule has 0 aromatic heterocycles. The van der Waals surface area contributed by atoms with Crippen LogP contribution in [-0.2, 0) is 0 Å². The second kappa shape index (κ2) is 10.7. The first kappa shape index (κ1) is 20.2. The molecule has 2 aromatic carbocycles. The zero-order valence-corrected chi connectivity index (χ0v) is 17.4. The van der Waals surface area contributed by atoms with Gasteiger partial charge in [0.15, 0.2) is 0 Å². The van der Waals surface area contributed by atoms with Gasteiger partial charge in [-0.3, -0.25) is 0 Å². The first-order valence-corrected chi connectivity index (χ1v) is 10.9. The fraction of sp³-hybridized carbons (Fsp3) is 0.357. The summed E-state index contributed by atoms with van der Waals surface area (Å²) in [5, 5.41) is 0. The Morgan fingerprint density at radius 1 is 0.964 bits per heavy atom. The average molecular weight is 369 g/mol. The molecule has 1 aliphatic rings. The highest BCUT2D eigenvalue weighted by molar-refractivity contribution is 5.72. The van der Waals surface area contributed by atoms with E-state index in [0.29, 0.717) is 0 Å². The number of benzene rings is 2. The smallest absolute Gasteiger partial charge is 0.0324 e. The molecule has 28 heavy (non-hydrogen) atoms. The Labute approximate surface area is 171 Å². The van der Waals surface area contributed by atoms with Crippen LogP contribution in [0.5, 0.6) is 0 Å². The van der Waals surface area contributed by atoms with Gasteiger partial charge >= 0.3 is 0 Å². The molecule has 0 aliphatic heterocycles. The van der Waals surface area contributed by atoms with Crippen LogP contribution in [0.15, 0.2) is 60.7 Å². The molecule has 2 aromatic rings. The third-order valence-electron chi connectivity index (χ3n) is 5.51. The molecule has 0 saturated heterocycles. The molecule has 0 amide bonds. The number of hydrogen-bond donors (Lipinski definition) is 0. The van der Waals surface area contributed by atoms with Gasteiger partial charge in [-0.25, -0.2) is 0 Å². The fourth-order valence-electron chi connectivity index (χ4n) is 3.88. The fourth-order valence-corrected chi connectivity index (χ4v) is 3.88. The van der Waals surface area contributed by atoms with Crippen LogP contribution < -0.4 is 0 Å². The van der Waals surface area contributed by atoms with Crippen molar-refractivity contribution in [3.8, 4) is 11.8 Å². The molecular weight excluding hydrogens is 336 g/mol. The van der Waals surface area contributed by atoms with Gasteiger partial charge in [0.05, 0.1) is 0 Å². The van der Waals surface area contributed by atoms with Gasteiger partial charge in [0.25, 0.3) is 0 Å². The summed E-state index contributed by atoms with van der Waals surface area (Å²) in [5.74, 6) is 7.66. The zero-order chi connectivity index (χ0) is 19.6. The summed E-state index contributed by atoms with van der Waals surface area (Å²) in [7, 11) is 0. The van der Waals surface area contributed by atoms with Crippen molar-refractivity contribution in [1.29, 1.82) is 0 Å². The van der Waals surface area contributed by atoms with Crippen LogP contribution in [0.3, 0.4) is 0 Å². The molecule has 1 unspecified atom stereocenters. The van der Waals surface area contributed by atoms with Gasteiger partial charge in [-0.15, -0.1) is 0 Å². The maximum Gasteiger partial charge on any atom is 0.0324 e. The lowest BCUT2D eigenvalue weighted by Crippen LogP contribution is -2.05. The highest BCUT2D eigenvalue weighted by Gasteiger charge is 2.15. The van der Waals surface area contributed by atoms with Gasteiger partial charge in [-0.1, -0.05) is 93.5 Å². The molecule has 1 atom stereocenters. The Kier molecular flexibility index (Phi) is 7.74. The maximum atomic E-state index is 3.43. The van der Waals surface area contributed by atoms with E-state index < -0.39 is 0 Å². The Bertz CT molecular complexity index is 868. The van der Waals surface area contributed by atoms with Crippen molar-refractivity contribution in [3.63, 3.8) is 0 Å². The van der Waals surface area contributed by atoms with Crippen LogP contribution in [-0.4, -0.2) is 0 Å². The molecular formula is C28H32. The van der Waals surface area contributed by atoms with Gasteiger partial charge in [0.1, 0.15) is 0 Å². The minimum absolute atomic E-state index is 0.872. The SMILES string of the molecule is CCC/C=C/c1ccc(C#Cc2ccccc2C2=CCC(CCC)CC2)cc1. The van der Waals surface area contributed by atoms with Crippen molar-refractivity contribution >= 4 is 11.6 Å². The predicted octanol–water partition coefficient (Wildman–Crippen LogP) is 7.88. The first-order chi connectivity index (χ1) is 13.8. The Balaban J connectivity index is 1.74. The maximum absolute atomic E-state index is 3.43. The predicted molar refractivity (Wildman–Crippen MR) is 123 cm³/mol. The summed E-state index contributed by atoms with van der Waals surface area (Å²) < 4.78 is 0. The van der Waals surface area contributed by atoms with E-state index >= 15 is 0 Å². The number of rotatable bonds is 6. The molecule has 3 rings (SSSR count). The van der Waals surface area contributed by atoms with Gasteiger partial charge in [0, 0.05) is 11.1 Å². The molecule has 0 spiro atoms. The van der Waals surface area contributed by atoms with E-state index in [1.54, 1.807) is 0 Å². The van der Waals surface area contributed by atoms with E-state index in [9.17, 15) is 0 Å². The lowest BCUT2D eigenvalue weighted by Gasteiger charge is -2.22. The minimum Gasteiger partial charge on any atom is -0.0840 e. The summed E-state index contributed by atoms with van der Waals surface area (Å²) in [6.45, 7) is 4.49. The Hall–Kier alpha value is -2.52. The lowest BCUT2D eigenvalue weighted by molar-refractivity contribution is 0.445. The van der Waals surface area contributed by atoms with E-state index in [-0.39, 0.29) is 0 Å². The molecule has 0 saturated carbocycles. The summed E-state index contributed by atoms with van der Waals surface area (Å²) in [6, 6.07) is 17.2. The normalized spacial score (nSPS) is 16.5. The Morgan fingerprint density at radius 3 is 2.50 bits per heavy atom. The van der Waals surface area contributed by atoms with E-state index in [0.717, 1.165) is 23.5 Å². The molecule has 0 N–H and O–H groups in total. The van der Waals surface area contributed by atoms with E-state index in [2.05, 4.69) is 92.4 Å². The molecule has 0 heteroatoms. The second-order valence-electron chi connectivity index (χ2n) is 7.77. The largest absolute Gasteiger partial charge is 0.0840 e. The molecule has 0 nitrogen and oxygen atoms in total. The lowest BCUT2D eigenvalue weighted by atomic mass is 9.83.